The van der Waals surface area contributed by atoms with Gasteiger partial charge >= 0.3 is 0 Å². The number of nitrogens with two attached hydrogens (primary N) is 1. The summed E-state index contributed by atoms with van der Waals surface area (Å²) in [5.41, 5.74) is 11.4. The molecule has 1 aromatic carbocycles. The van der Waals surface area contributed by atoms with Gasteiger partial charge in [-0.05, 0) is 67.4 Å². The molecule has 0 bridgehead atoms. The van der Waals surface area contributed by atoms with Gasteiger partial charge in [-0.25, -0.2) is 8.91 Å². The van der Waals surface area contributed by atoms with E-state index in [1.165, 1.54) is 12.1 Å². The van der Waals surface area contributed by atoms with Crippen molar-refractivity contribution < 1.29 is 4.39 Å². The van der Waals surface area contributed by atoms with Crippen molar-refractivity contribution in [3.63, 3.8) is 0 Å². The van der Waals surface area contributed by atoms with Crippen molar-refractivity contribution in [3.8, 4) is 22.4 Å². The predicted octanol–water partition coefficient (Wildman–Crippen LogP) is 4.40. The highest BCUT2D eigenvalue weighted by atomic mass is 19.1. The zero-order valence-electron chi connectivity index (χ0n) is 14.6. The summed E-state index contributed by atoms with van der Waals surface area (Å²) < 4.78 is 15.2. The van der Waals surface area contributed by atoms with Crippen molar-refractivity contribution in [2.24, 2.45) is 5.73 Å². The predicted molar refractivity (Wildman–Crippen MR) is 101 cm³/mol. The van der Waals surface area contributed by atoms with Gasteiger partial charge in [-0.1, -0.05) is 6.07 Å². The number of rotatable bonds is 3. The Labute approximate surface area is 151 Å². The number of halogens is 1. The highest BCUT2D eigenvalue weighted by Crippen LogP contribution is 2.35. The Morgan fingerprint density at radius 1 is 0.923 bits per heavy atom. The number of benzene rings is 1. The van der Waals surface area contributed by atoms with E-state index < -0.39 is 5.54 Å². The zero-order chi connectivity index (χ0) is 18.3. The minimum absolute atomic E-state index is 0.268. The Balaban J connectivity index is 2.01. The van der Waals surface area contributed by atoms with Crippen LogP contribution in [0.15, 0.2) is 67.1 Å². The molecule has 0 spiro atoms. The van der Waals surface area contributed by atoms with Gasteiger partial charge in [0, 0.05) is 35.3 Å². The van der Waals surface area contributed by atoms with Gasteiger partial charge in [0.05, 0.1) is 5.52 Å². The zero-order valence-corrected chi connectivity index (χ0v) is 14.6. The van der Waals surface area contributed by atoms with Crippen molar-refractivity contribution in [1.29, 1.82) is 0 Å². The van der Waals surface area contributed by atoms with E-state index in [-0.39, 0.29) is 5.82 Å². The van der Waals surface area contributed by atoms with Gasteiger partial charge in [0.15, 0.2) is 0 Å². The lowest BCUT2D eigenvalue weighted by molar-refractivity contribution is 0.550. The highest BCUT2D eigenvalue weighted by Gasteiger charge is 2.19. The third-order valence-corrected chi connectivity index (χ3v) is 4.46. The number of hydrogen-bond donors (Lipinski definition) is 1. The molecular formula is C21H19FN4. The molecule has 4 rings (SSSR count). The number of fused-ring (bicyclic) bond motifs is 1. The molecule has 4 aromatic rings. The maximum absolute atomic E-state index is 13.4. The summed E-state index contributed by atoms with van der Waals surface area (Å²) in [6.45, 7) is 3.92. The van der Waals surface area contributed by atoms with Gasteiger partial charge in [0.25, 0.3) is 0 Å². The van der Waals surface area contributed by atoms with Crippen LogP contribution in [-0.4, -0.2) is 14.6 Å². The summed E-state index contributed by atoms with van der Waals surface area (Å²) in [5, 5.41) is 4.78. The molecule has 0 amide bonds. The second kappa shape index (κ2) is 6.04. The first-order valence-electron chi connectivity index (χ1n) is 8.41. The van der Waals surface area contributed by atoms with E-state index in [0.29, 0.717) is 0 Å². The topological polar surface area (TPSA) is 56.2 Å². The first-order chi connectivity index (χ1) is 12.4. The van der Waals surface area contributed by atoms with Gasteiger partial charge in [0.1, 0.15) is 11.5 Å². The summed E-state index contributed by atoms with van der Waals surface area (Å²) in [6, 6.07) is 14.3. The Bertz CT molecular complexity index is 1060. The number of pyridine rings is 2. The smallest absolute Gasteiger partial charge is 0.123 e. The largest absolute Gasteiger partial charge is 0.322 e. The van der Waals surface area contributed by atoms with Gasteiger partial charge in [-0.2, -0.15) is 5.10 Å². The van der Waals surface area contributed by atoms with Crippen LogP contribution in [0.5, 0.6) is 0 Å². The average Bonchev–Trinajstić information content (AvgIpc) is 3.01. The molecule has 3 aromatic heterocycles. The van der Waals surface area contributed by atoms with Crippen LogP contribution in [0.2, 0.25) is 0 Å². The molecule has 0 aliphatic heterocycles. The minimum atomic E-state index is -0.465. The Hall–Kier alpha value is -3.05. The fourth-order valence-electron chi connectivity index (χ4n) is 3.04. The van der Waals surface area contributed by atoms with Crippen molar-refractivity contribution in [2.75, 3.05) is 0 Å². The average molecular weight is 346 g/mol. The summed E-state index contributed by atoms with van der Waals surface area (Å²) in [7, 11) is 0. The lowest BCUT2D eigenvalue weighted by atomic mass is 9.96. The molecule has 2 N–H and O–H groups in total. The second-order valence-corrected chi connectivity index (χ2v) is 6.94. The Morgan fingerprint density at radius 2 is 1.62 bits per heavy atom. The summed E-state index contributed by atoms with van der Waals surface area (Å²) >= 11 is 0. The van der Waals surface area contributed by atoms with E-state index >= 15 is 0 Å². The van der Waals surface area contributed by atoms with E-state index in [4.69, 9.17) is 10.8 Å². The number of hydrogen-bond acceptors (Lipinski definition) is 3. The molecule has 0 saturated carbocycles. The fourth-order valence-corrected chi connectivity index (χ4v) is 3.04. The van der Waals surface area contributed by atoms with Crippen LogP contribution in [0.25, 0.3) is 27.9 Å². The molecule has 0 radical (unpaired) electrons. The van der Waals surface area contributed by atoms with E-state index in [2.05, 4.69) is 4.98 Å². The van der Waals surface area contributed by atoms with Crippen LogP contribution >= 0.6 is 0 Å². The normalized spacial score (nSPS) is 11.8. The molecule has 26 heavy (non-hydrogen) atoms. The van der Waals surface area contributed by atoms with Crippen molar-refractivity contribution >= 4 is 5.52 Å². The minimum Gasteiger partial charge on any atom is -0.322 e. The van der Waals surface area contributed by atoms with Gasteiger partial charge in [0.2, 0.25) is 0 Å². The van der Waals surface area contributed by atoms with E-state index in [0.717, 1.165) is 33.5 Å². The van der Waals surface area contributed by atoms with Gasteiger partial charge in [-0.3, -0.25) is 4.98 Å². The lowest BCUT2D eigenvalue weighted by Gasteiger charge is -2.18. The molecular weight excluding hydrogens is 327 g/mol. The summed E-state index contributed by atoms with van der Waals surface area (Å²) in [6.07, 6.45) is 5.46. The van der Waals surface area contributed by atoms with E-state index in [1.807, 2.05) is 48.8 Å². The lowest BCUT2D eigenvalue weighted by Crippen LogP contribution is -2.28. The summed E-state index contributed by atoms with van der Waals surface area (Å²) in [4.78, 5) is 4.10. The molecule has 0 aliphatic carbocycles. The van der Waals surface area contributed by atoms with Crippen LogP contribution in [0.4, 0.5) is 4.39 Å². The molecule has 0 saturated heterocycles. The maximum atomic E-state index is 13.4. The standard InChI is InChI=1S/C21H19FN4/c1-21(2,23)16-5-8-18-19(14-9-11-24-12-10-14)20(25-26(18)13-16)15-3-6-17(22)7-4-15/h3-13H,23H2,1-2H3. The van der Waals surface area contributed by atoms with Crippen LogP contribution < -0.4 is 5.73 Å². The first kappa shape index (κ1) is 16.4. The Morgan fingerprint density at radius 3 is 2.27 bits per heavy atom. The van der Waals surface area contributed by atoms with Crippen LogP contribution in [0, 0.1) is 5.82 Å². The third-order valence-electron chi connectivity index (χ3n) is 4.46. The fraction of sp³-hybridized carbons (Fsp3) is 0.143. The second-order valence-electron chi connectivity index (χ2n) is 6.94. The first-order valence-corrected chi connectivity index (χ1v) is 8.41. The third kappa shape index (κ3) is 2.86. The van der Waals surface area contributed by atoms with Gasteiger partial charge < -0.3 is 5.73 Å². The van der Waals surface area contributed by atoms with E-state index in [9.17, 15) is 4.39 Å². The maximum Gasteiger partial charge on any atom is 0.123 e. The highest BCUT2D eigenvalue weighted by molar-refractivity contribution is 5.92. The molecule has 5 heteroatoms. The van der Waals surface area contributed by atoms with Crippen LogP contribution in [-0.2, 0) is 5.54 Å². The van der Waals surface area contributed by atoms with Crippen LogP contribution in [0.3, 0.4) is 0 Å². The quantitative estimate of drug-likeness (QED) is 0.598. The molecule has 4 nitrogen and oxygen atoms in total. The van der Waals surface area contributed by atoms with Crippen molar-refractivity contribution in [2.45, 2.75) is 19.4 Å². The SMILES string of the molecule is CC(C)(N)c1ccc2c(-c3ccncc3)c(-c3ccc(F)cc3)nn2c1. The van der Waals surface area contributed by atoms with Crippen LogP contribution in [0.1, 0.15) is 19.4 Å². The molecule has 130 valence electrons. The van der Waals surface area contributed by atoms with Gasteiger partial charge in [-0.15, -0.1) is 0 Å². The van der Waals surface area contributed by atoms with Crippen molar-refractivity contribution in [1.82, 2.24) is 14.6 Å². The summed E-state index contributed by atoms with van der Waals surface area (Å²) in [5.74, 6) is -0.268. The monoisotopic (exact) mass is 346 g/mol. The van der Waals surface area contributed by atoms with Crippen molar-refractivity contribution in [3.05, 3.63) is 78.5 Å². The molecule has 0 fully saturated rings. The van der Waals surface area contributed by atoms with E-state index in [1.54, 1.807) is 24.5 Å². The molecule has 0 atom stereocenters. The number of nitrogens with zero attached hydrogens (tertiary/aromatic N) is 3. The molecule has 0 aliphatic rings. The Kier molecular flexibility index (Phi) is 3.81. The number of aromatic nitrogens is 3. The molecule has 3 heterocycles. The molecule has 0 unspecified atom stereocenters.